The lowest BCUT2D eigenvalue weighted by molar-refractivity contribution is 0.0819. The molecule has 0 unspecified atom stereocenters. The zero-order valence-corrected chi connectivity index (χ0v) is 10.8. The Bertz CT molecular complexity index is 376. The van der Waals surface area contributed by atoms with Crippen LogP contribution in [0, 0.1) is 17.6 Å². The van der Waals surface area contributed by atoms with Gasteiger partial charge in [-0.15, -0.1) is 12.4 Å². The van der Waals surface area contributed by atoms with Crippen molar-refractivity contribution in [2.24, 2.45) is 11.7 Å². The maximum atomic E-state index is 13.5. The molecular formula is C13H18ClF2NO. The fraction of sp³-hybridized carbons (Fsp3) is 0.538. The van der Waals surface area contributed by atoms with Crippen molar-refractivity contribution in [1.82, 2.24) is 0 Å². The summed E-state index contributed by atoms with van der Waals surface area (Å²) in [6, 6.07) is 2.64. The number of hydrogen-bond acceptors (Lipinski definition) is 2. The summed E-state index contributed by atoms with van der Waals surface area (Å²) in [5.41, 5.74) is 5.59. The van der Waals surface area contributed by atoms with Gasteiger partial charge in [-0.05, 0) is 30.9 Å². The molecule has 3 N–H and O–H groups in total. The highest BCUT2D eigenvalue weighted by Gasteiger charge is 2.31. The number of aliphatic hydroxyl groups excluding tert-OH is 1. The predicted molar refractivity (Wildman–Crippen MR) is 68.5 cm³/mol. The van der Waals surface area contributed by atoms with E-state index in [1.54, 1.807) is 0 Å². The topological polar surface area (TPSA) is 46.2 Å². The van der Waals surface area contributed by atoms with Crippen molar-refractivity contribution in [3.63, 3.8) is 0 Å². The van der Waals surface area contributed by atoms with E-state index in [0.717, 1.165) is 25.7 Å². The molecule has 0 aliphatic heterocycles. The summed E-state index contributed by atoms with van der Waals surface area (Å²) in [4.78, 5) is 0. The quantitative estimate of drug-likeness (QED) is 0.892. The summed E-state index contributed by atoms with van der Waals surface area (Å²) in [6.07, 6.45) is 2.99. The highest BCUT2D eigenvalue weighted by molar-refractivity contribution is 5.85. The van der Waals surface area contributed by atoms with Crippen molar-refractivity contribution >= 4 is 12.4 Å². The SMILES string of the molecule is Cl.N[C@@H](c1c(F)cccc1F)[C@H](O)C1CCCC1. The molecule has 0 aromatic heterocycles. The van der Waals surface area contributed by atoms with E-state index in [1.165, 1.54) is 18.2 Å². The molecule has 0 saturated heterocycles. The maximum Gasteiger partial charge on any atom is 0.131 e. The summed E-state index contributed by atoms with van der Waals surface area (Å²) in [7, 11) is 0. The van der Waals surface area contributed by atoms with Crippen molar-refractivity contribution in [2.45, 2.75) is 37.8 Å². The number of hydrogen-bond donors (Lipinski definition) is 2. The molecule has 1 aromatic carbocycles. The molecule has 18 heavy (non-hydrogen) atoms. The highest BCUT2D eigenvalue weighted by Crippen LogP contribution is 2.33. The third kappa shape index (κ3) is 2.99. The Morgan fingerprint density at radius 2 is 1.67 bits per heavy atom. The van der Waals surface area contributed by atoms with Gasteiger partial charge in [0.15, 0.2) is 0 Å². The van der Waals surface area contributed by atoms with E-state index < -0.39 is 23.8 Å². The van der Waals surface area contributed by atoms with E-state index in [0.29, 0.717) is 0 Å². The summed E-state index contributed by atoms with van der Waals surface area (Å²) in [5, 5.41) is 10.1. The number of rotatable bonds is 3. The van der Waals surface area contributed by atoms with Crippen molar-refractivity contribution in [3.8, 4) is 0 Å². The van der Waals surface area contributed by atoms with Gasteiger partial charge >= 0.3 is 0 Å². The smallest absolute Gasteiger partial charge is 0.131 e. The molecule has 102 valence electrons. The first kappa shape index (κ1) is 15.3. The normalized spacial score (nSPS) is 19.3. The second-order valence-corrected chi connectivity index (χ2v) is 4.70. The van der Waals surface area contributed by atoms with Crippen LogP contribution in [0.5, 0.6) is 0 Å². The lowest BCUT2D eigenvalue weighted by Crippen LogP contribution is -2.33. The zero-order valence-electron chi connectivity index (χ0n) is 9.98. The largest absolute Gasteiger partial charge is 0.391 e. The monoisotopic (exact) mass is 277 g/mol. The van der Waals surface area contributed by atoms with Crippen LogP contribution in [-0.2, 0) is 0 Å². The van der Waals surface area contributed by atoms with Gasteiger partial charge in [0.2, 0.25) is 0 Å². The van der Waals surface area contributed by atoms with Crippen LogP contribution in [0.2, 0.25) is 0 Å². The van der Waals surface area contributed by atoms with Crippen LogP contribution in [0.4, 0.5) is 8.78 Å². The Balaban J connectivity index is 0.00000162. The van der Waals surface area contributed by atoms with Crippen molar-refractivity contribution in [3.05, 3.63) is 35.4 Å². The minimum absolute atomic E-state index is 0. The molecule has 2 rings (SSSR count). The van der Waals surface area contributed by atoms with Gasteiger partial charge in [-0.2, -0.15) is 0 Å². The van der Waals surface area contributed by atoms with Crippen LogP contribution >= 0.6 is 12.4 Å². The third-order valence-corrected chi connectivity index (χ3v) is 3.58. The minimum atomic E-state index is -0.987. The van der Waals surface area contributed by atoms with Crippen molar-refractivity contribution < 1.29 is 13.9 Å². The predicted octanol–water partition coefficient (Wildman–Crippen LogP) is 2.94. The first-order valence-corrected chi connectivity index (χ1v) is 5.99. The van der Waals surface area contributed by atoms with Gasteiger partial charge in [0, 0.05) is 5.56 Å². The van der Waals surface area contributed by atoms with E-state index in [4.69, 9.17) is 5.73 Å². The Labute approximate surface area is 112 Å². The Morgan fingerprint density at radius 1 is 1.17 bits per heavy atom. The van der Waals surface area contributed by atoms with Gasteiger partial charge < -0.3 is 10.8 Å². The fourth-order valence-corrected chi connectivity index (χ4v) is 2.59. The van der Waals surface area contributed by atoms with Crippen LogP contribution in [0.1, 0.15) is 37.3 Å². The number of aliphatic hydroxyl groups is 1. The van der Waals surface area contributed by atoms with E-state index >= 15 is 0 Å². The molecule has 1 saturated carbocycles. The van der Waals surface area contributed by atoms with Crippen LogP contribution in [0.15, 0.2) is 18.2 Å². The van der Waals surface area contributed by atoms with Gasteiger partial charge in [-0.25, -0.2) is 8.78 Å². The Kier molecular flexibility index (Phi) is 5.50. The fourth-order valence-electron chi connectivity index (χ4n) is 2.59. The zero-order chi connectivity index (χ0) is 12.4. The van der Waals surface area contributed by atoms with Crippen LogP contribution in [0.3, 0.4) is 0 Å². The average Bonchev–Trinajstić information content (AvgIpc) is 2.81. The van der Waals surface area contributed by atoms with E-state index in [1.807, 2.05) is 0 Å². The van der Waals surface area contributed by atoms with Gasteiger partial charge in [0.1, 0.15) is 11.6 Å². The summed E-state index contributed by atoms with van der Waals surface area (Å²) < 4.78 is 27.0. The second-order valence-electron chi connectivity index (χ2n) is 4.70. The molecule has 0 spiro atoms. The van der Waals surface area contributed by atoms with Crippen LogP contribution in [-0.4, -0.2) is 11.2 Å². The Morgan fingerprint density at radius 3 is 2.17 bits per heavy atom. The number of halogens is 3. The minimum Gasteiger partial charge on any atom is -0.391 e. The molecule has 1 aliphatic rings. The molecule has 2 nitrogen and oxygen atoms in total. The second kappa shape index (κ2) is 6.45. The summed E-state index contributed by atoms with van der Waals surface area (Å²) in [6.45, 7) is 0. The van der Waals surface area contributed by atoms with Crippen molar-refractivity contribution in [2.75, 3.05) is 0 Å². The van der Waals surface area contributed by atoms with Crippen LogP contribution < -0.4 is 5.73 Å². The number of benzene rings is 1. The first-order chi connectivity index (χ1) is 8.11. The third-order valence-electron chi connectivity index (χ3n) is 3.58. The summed E-state index contributed by atoms with van der Waals surface area (Å²) in [5.74, 6) is -1.31. The lowest BCUT2D eigenvalue weighted by Gasteiger charge is -2.25. The van der Waals surface area contributed by atoms with Gasteiger partial charge in [0.25, 0.3) is 0 Å². The lowest BCUT2D eigenvalue weighted by atomic mass is 9.90. The molecule has 0 amide bonds. The van der Waals surface area contributed by atoms with E-state index in [2.05, 4.69) is 0 Å². The molecule has 2 atom stereocenters. The van der Waals surface area contributed by atoms with Crippen molar-refractivity contribution in [1.29, 1.82) is 0 Å². The average molecular weight is 278 g/mol. The van der Waals surface area contributed by atoms with Gasteiger partial charge in [0.05, 0.1) is 12.1 Å². The van der Waals surface area contributed by atoms with E-state index in [-0.39, 0.29) is 23.9 Å². The standard InChI is InChI=1S/C13H17F2NO.ClH/c14-9-6-3-7-10(15)11(9)12(16)13(17)8-4-1-2-5-8;/h3,6-8,12-13,17H,1-2,4-5,16H2;1H/t12-,13+;/m0./s1. The van der Waals surface area contributed by atoms with E-state index in [9.17, 15) is 13.9 Å². The Hall–Kier alpha value is -0.710. The van der Waals surface area contributed by atoms with Gasteiger partial charge in [-0.1, -0.05) is 18.9 Å². The highest BCUT2D eigenvalue weighted by atomic mass is 35.5. The molecule has 1 aromatic rings. The molecule has 5 heteroatoms. The molecule has 1 aliphatic carbocycles. The van der Waals surface area contributed by atoms with Crippen LogP contribution in [0.25, 0.3) is 0 Å². The molecular weight excluding hydrogens is 260 g/mol. The molecule has 0 radical (unpaired) electrons. The summed E-state index contributed by atoms with van der Waals surface area (Å²) >= 11 is 0. The molecule has 0 bridgehead atoms. The number of nitrogens with two attached hydrogens (primary N) is 1. The van der Waals surface area contributed by atoms with Gasteiger partial charge in [-0.3, -0.25) is 0 Å². The molecule has 1 fully saturated rings. The molecule has 0 heterocycles. The first-order valence-electron chi connectivity index (χ1n) is 5.99. The maximum absolute atomic E-state index is 13.5.